The van der Waals surface area contributed by atoms with Crippen LogP contribution in [0.2, 0.25) is 0 Å². The third kappa shape index (κ3) is 7.71. The van der Waals surface area contributed by atoms with Crippen LogP contribution < -0.4 is 5.32 Å². The average Bonchev–Trinajstić information content (AvgIpc) is 2.48. The Kier molecular flexibility index (Phi) is 7.77. The molecule has 1 aliphatic heterocycles. The standard InChI is InChI=1S/C13H30N4/c1-15(2)8-4-6-14-7-11-17-10-5-9-16(3)12-13-17/h14H,4-13H2,1-3H3. The molecule has 0 aliphatic carbocycles. The minimum Gasteiger partial charge on any atom is -0.315 e. The van der Waals surface area contributed by atoms with Gasteiger partial charge in [-0.05, 0) is 60.2 Å². The van der Waals surface area contributed by atoms with Crippen molar-refractivity contribution in [3.63, 3.8) is 0 Å². The molecule has 1 aliphatic rings. The molecule has 0 radical (unpaired) electrons. The lowest BCUT2D eigenvalue weighted by atomic mass is 10.3. The predicted molar refractivity (Wildman–Crippen MR) is 74.6 cm³/mol. The maximum Gasteiger partial charge on any atom is 0.0110 e. The van der Waals surface area contributed by atoms with Crippen LogP contribution in [0.3, 0.4) is 0 Å². The summed E-state index contributed by atoms with van der Waals surface area (Å²) in [6, 6.07) is 0. The number of nitrogens with zero attached hydrogens (tertiary/aromatic N) is 3. The summed E-state index contributed by atoms with van der Waals surface area (Å²) in [4.78, 5) is 7.26. The van der Waals surface area contributed by atoms with Gasteiger partial charge in [-0.3, -0.25) is 0 Å². The van der Waals surface area contributed by atoms with E-state index in [1.807, 2.05) is 0 Å². The molecule has 17 heavy (non-hydrogen) atoms. The molecule has 4 nitrogen and oxygen atoms in total. The van der Waals surface area contributed by atoms with Gasteiger partial charge in [-0.1, -0.05) is 0 Å². The first kappa shape index (κ1) is 14.9. The van der Waals surface area contributed by atoms with Crippen molar-refractivity contribution < 1.29 is 0 Å². The maximum atomic E-state index is 3.54. The molecule has 0 unspecified atom stereocenters. The van der Waals surface area contributed by atoms with Crippen LogP contribution in [0.15, 0.2) is 0 Å². The first-order chi connectivity index (χ1) is 8.18. The first-order valence-corrected chi connectivity index (χ1v) is 6.95. The van der Waals surface area contributed by atoms with Crippen LogP contribution in [-0.2, 0) is 0 Å². The van der Waals surface area contributed by atoms with Crippen molar-refractivity contribution in [3.05, 3.63) is 0 Å². The monoisotopic (exact) mass is 242 g/mol. The lowest BCUT2D eigenvalue weighted by Gasteiger charge is -2.20. The highest BCUT2D eigenvalue weighted by Crippen LogP contribution is 1.99. The van der Waals surface area contributed by atoms with E-state index in [0.717, 1.165) is 13.1 Å². The Morgan fingerprint density at radius 1 is 1.06 bits per heavy atom. The molecule has 0 saturated carbocycles. The summed E-state index contributed by atoms with van der Waals surface area (Å²) in [7, 11) is 6.49. The van der Waals surface area contributed by atoms with Crippen molar-refractivity contribution in [2.45, 2.75) is 12.8 Å². The second kappa shape index (κ2) is 8.86. The second-order valence-electron chi connectivity index (χ2n) is 5.41. The summed E-state index contributed by atoms with van der Waals surface area (Å²) in [6.07, 6.45) is 2.56. The molecule has 1 rings (SSSR count). The number of rotatable bonds is 7. The predicted octanol–water partition coefficient (Wildman–Crippen LogP) is 0.165. The molecule has 0 aromatic rings. The second-order valence-corrected chi connectivity index (χ2v) is 5.41. The number of nitrogens with one attached hydrogen (secondary N) is 1. The summed E-state index contributed by atoms with van der Waals surface area (Å²) in [5.41, 5.74) is 0. The number of likely N-dealkylation sites (N-methyl/N-ethyl adjacent to an activating group) is 1. The van der Waals surface area contributed by atoms with E-state index in [1.165, 1.54) is 52.1 Å². The van der Waals surface area contributed by atoms with Crippen LogP contribution >= 0.6 is 0 Å². The van der Waals surface area contributed by atoms with Gasteiger partial charge in [0.2, 0.25) is 0 Å². The number of hydrogen-bond acceptors (Lipinski definition) is 4. The molecule has 1 N–H and O–H groups in total. The highest BCUT2D eigenvalue weighted by molar-refractivity contribution is 4.68. The van der Waals surface area contributed by atoms with Crippen LogP contribution in [0.4, 0.5) is 0 Å². The Hall–Kier alpha value is -0.160. The summed E-state index contributed by atoms with van der Waals surface area (Å²) in [5, 5.41) is 3.54. The van der Waals surface area contributed by atoms with E-state index in [9.17, 15) is 0 Å². The third-order valence-electron chi connectivity index (χ3n) is 3.38. The molecule has 4 heteroatoms. The average molecular weight is 242 g/mol. The lowest BCUT2D eigenvalue weighted by Crippen LogP contribution is -2.35. The van der Waals surface area contributed by atoms with Gasteiger partial charge >= 0.3 is 0 Å². The van der Waals surface area contributed by atoms with Crippen LogP contribution in [0, 0.1) is 0 Å². The van der Waals surface area contributed by atoms with Gasteiger partial charge in [0.25, 0.3) is 0 Å². The molecule has 0 bridgehead atoms. The highest BCUT2D eigenvalue weighted by Gasteiger charge is 2.10. The zero-order chi connectivity index (χ0) is 12.5. The number of hydrogen-bond donors (Lipinski definition) is 1. The Balaban J connectivity index is 1.95. The molecule has 0 aromatic carbocycles. The van der Waals surface area contributed by atoms with E-state index in [1.54, 1.807) is 0 Å². The normalized spacial score (nSPS) is 19.8. The zero-order valence-corrected chi connectivity index (χ0v) is 11.9. The Morgan fingerprint density at radius 2 is 1.88 bits per heavy atom. The first-order valence-electron chi connectivity index (χ1n) is 6.95. The largest absolute Gasteiger partial charge is 0.315 e. The molecule has 0 atom stereocenters. The van der Waals surface area contributed by atoms with Crippen molar-refractivity contribution in [3.8, 4) is 0 Å². The third-order valence-corrected chi connectivity index (χ3v) is 3.38. The van der Waals surface area contributed by atoms with Crippen molar-refractivity contribution >= 4 is 0 Å². The van der Waals surface area contributed by atoms with Gasteiger partial charge in [-0.2, -0.15) is 0 Å². The summed E-state index contributed by atoms with van der Waals surface area (Å²) in [6.45, 7) is 9.65. The summed E-state index contributed by atoms with van der Waals surface area (Å²) < 4.78 is 0. The molecule has 1 saturated heterocycles. The molecule has 0 spiro atoms. The zero-order valence-electron chi connectivity index (χ0n) is 11.9. The molecule has 0 amide bonds. The Morgan fingerprint density at radius 3 is 2.65 bits per heavy atom. The summed E-state index contributed by atoms with van der Waals surface area (Å²) in [5.74, 6) is 0. The van der Waals surface area contributed by atoms with E-state index in [2.05, 4.69) is 41.2 Å². The molecule has 102 valence electrons. The fourth-order valence-corrected chi connectivity index (χ4v) is 2.21. The topological polar surface area (TPSA) is 21.8 Å². The molecular weight excluding hydrogens is 212 g/mol. The maximum absolute atomic E-state index is 3.54. The molecule has 0 aromatic heterocycles. The van der Waals surface area contributed by atoms with E-state index >= 15 is 0 Å². The van der Waals surface area contributed by atoms with E-state index in [-0.39, 0.29) is 0 Å². The Bertz CT molecular complexity index is 184. The molecule has 1 heterocycles. The van der Waals surface area contributed by atoms with Gasteiger partial charge in [-0.15, -0.1) is 0 Å². The van der Waals surface area contributed by atoms with E-state index < -0.39 is 0 Å². The van der Waals surface area contributed by atoms with Crippen LogP contribution in [0.25, 0.3) is 0 Å². The quantitative estimate of drug-likeness (QED) is 0.642. The SMILES string of the molecule is CN(C)CCCNCCN1CCCN(C)CC1. The van der Waals surface area contributed by atoms with Crippen molar-refractivity contribution in [1.82, 2.24) is 20.0 Å². The van der Waals surface area contributed by atoms with Gasteiger partial charge in [-0.25, -0.2) is 0 Å². The summed E-state index contributed by atoms with van der Waals surface area (Å²) >= 11 is 0. The lowest BCUT2D eigenvalue weighted by molar-refractivity contribution is 0.275. The fourth-order valence-electron chi connectivity index (χ4n) is 2.21. The van der Waals surface area contributed by atoms with E-state index in [0.29, 0.717) is 0 Å². The minimum atomic E-state index is 1.14. The van der Waals surface area contributed by atoms with Crippen LogP contribution in [0.5, 0.6) is 0 Å². The van der Waals surface area contributed by atoms with Gasteiger partial charge in [0.1, 0.15) is 0 Å². The van der Waals surface area contributed by atoms with E-state index in [4.69, 9.17) is 0 Å². The van der Waals surface area contributed by atoms with Gasteiger partial charge in [0.15, 0.2) is 0 Å². The van der Waals surface area contributed by atoms with Crippen molar-refractivity contribution in [2.75, 3.05) is 73.5 Å². The fraction of sp³-hybridized carbons (Fsp3) is 1.00. The van der Waals surface area contributed by atoms with Gasteiger partial charge in [0, 0.05) is 26.2 Å². The van der Waals surface area contributed by atoms with Gasteiger partial charge < -0.3 is 20.0 Å². The van der Waals surface area contributed by atoms with Crippen LogP contribution in [-0.4, -0.2) is 88.2 Å². The van der Waals surface area contributed by atoms with Crippen molar-refractivity contribution in [1.29, 1.82) is 0 Å². The molecule has 1 fully saturated rings. The Labute approximate surface area is 107 Å². The van der Waals surface area contributed by atoms with Crippen molar-refractivity contribution in [2.24, 2.45) is 0 Å². The smallest absolute Gasteiger partial charge is 0.0110 e. The minimum absolute atomic E-state index is 1.14. The highest BCUT2D eigenvalue weighted by atomic mass is 15.2. The van der Waals surface area contributed by atoms with Crippen LogP contribution in [0.1, 0.15) is 12.8 Å². The molecular formula is C13H30N4. The van der Waals surface area contributed by atoms with Gasteiger partial charge in [0.05, 0.1) is 0 Å².